The molecule has 3 unspecified atom stereocenters. The molecule has 2 aliphatic heterocycles. The smallest absolute Gasteiger partial charge is 0.308 e. The summed E-state index contributed by atoms with van der Waals surface area (Å²) in [6.07, 6.45) is 2.03. The van der Waals surface area contributed by atoms with Gasteiger partial charge >= 0.3 is 5.97 Å². The van der Waals surface area contributed by atoms with E-state index in [4.69, 9.17) is 0 Å². The Kier molecular flexibility index (Phi) is 3.28. The van der Waals surface area contributed by atoms with E-state index < -0.39 is 17.7 Å². The van der Waals surface area contributed by atoms with Crippen molar-refractivity contribution >= 4 is 27.8 Å². The number of carboxylic acid groups (broad SMARTS) is 1. The van der Waals surface area contributed by atoms with Gasteiger partial charge < -0.3 is 10.0 Å². The molecule has 0 spiro atoms. The van der Waals surface area contributed by atoms with Crippen LogP contribution in [0, 0.1) is 11.7 Å². The molecule has 3 rings (SSSR count). The third kappa shape index (κ3) is 2.02. The van der Waals surface area contributed by atoms with Crippen LogP contribution < -0.4 is 0 Å². The van der Waals surface area contributed by atoms with Crippen LogP contribution in [0.25, 0.3) is 0 Å². The van der Waals surface area contributed by atoms with Crippen LogP contribution >= 0.6 is 15.9 Å². The first-order valence-corrected chi connectivity index (χ1v) is 7.29. The molecule has 0 aliphatic carbocycles. The highest BCUT2D eigenvalue weighted by Gasteiger charge is 2.51. The molecular formula is C14H13BrFNO3. The molecule has 1 N–H and O–H groups in total. The van der Waals surface area contributed by atoms with E-state index >= 15 is 0 Å². The van der Waals surface area contributed by atoms with E-state index in [9.17, 15) is 19.1 Å². The van der Waals surface area contributed by atoms with Gasteiger partial charge in [0.15, 0.2) is 0 Å². The van der Waals surface area contributed by atoms with E-state index in [-0.39, 0.29) is 23.6 Å². The van der Waals surface area contributed by atoms with E-state index in [0.29, 0.717) is 17.3 Å². The summed E-state index contributed by atoms with van der Waals surface area (Å²) >= 11 is 3.25. The number of amides is 1. The highest BCUT2D eigenvalue weighted by Crippen LogP contribution is 2.43. The lowest BCUT2D eigenvalue weighted by Crippen LogP contribution is -2.38. The zero-order valence-electron chi connectivity index (χ0n) is 10.6. The number of carboxylic acids is 1. The lowest BCUT2D eigenvalue weighted by molar-refractivity contribution is -0.142. The molecule has 1 aromatic rings. The van der Waals surface area contributed by atoms with Crippen molar-refractivity contribution in [2.75, 3.05) is 0 Å². The second-order valence-corrected chi connectivity index (χ2v) is 6.17. The van der Waals surface area contributed by atoms with Gasteiger partial charge in [0.05, 0.1) is 11.5 Å². The van der Waals surface area contributed by atoms with Gasteiger partial charge in [-0.15, -0.1) is 0 Å². The van der Waals surface area contributed by atoms with Gasteiger partial charge in [0.1, 0.15) is 5.82 Å². The van der Waals surface area contributed by atoms with E-state index in [1.165, 1.54) is 18.2 Å². The summed E-state index contributed by atoms with van der Waals surface area (Å²) in [7, 11) is 0. The van der Waals surface area contributed by atoms with Crippen molar-refractivity contribution in [1.82, 2.24) is 4.90 Å². The van der Waals surface area contributed by atoms with Gasteiger partial charge in [0.25, 0.3) is 5.91 Å². The Morgan fingerprint density at radius 2 is 2.10 bits per heavy atom. The Hall–Kier alpha value is -1.43. The zero-order chi connectivity index (χ0) is 14.4. The van der Waals surface area contributed by atoms with Crippen molar-refractivity contribution in [3.05, 3.63) is 34.1 Å². The van der Waals surface area contributed by atoms with Gasteiger partial charge in [0.2, 0.25) is 0 Å². The van der Waals surface area contributed by atoms with E-state index in [1.807, 2.05) is 0 Å². The van der Waals surface area contributed by atoms with Gasteiger partial charge in [-0.05, 0) is 53.4 Å². The number of fused-ring (bicyclic) bond motifs is 2. The average Bonchev–Trinajstić information content (AvgIpc) is 2.98. The Morgan fingerprint density at radius 1 is 1.35 bits per heavy atom. The second kappa shape index (κ2) is 4.84. The second-order valence-electron chi connectivity index (χ2n) is 5.32. The lowest BCUT2D eigenvalue weighted by Gasteiger charge is -2.23. The molecule has 4 nitrogen and oxygen atoms in total. The summed E-state index contributed by atoms with van der Waals surface area (Å²) in [6, 6.07) is 3.67. The van der Waals surface area contributed by atoms with Crippen LogP contribution in [0.4, 0.5) is 4.39 Å². The molecule has 1 aromatic carbocycles. The summed E-state index contributed by atoms with van der Waals surface area (Å²) in [5.41, 5.74) is 0.257. The number of rotatable bonds is 2. The Bertz CT molecular complexity index is 592. The predicted octanol–water partition coefficient (Wildman–Crippen LogP) is 2.67. The van der Waals surface area contributed by atoms with Gasteiger partial charge in [0, 0.05) is 16.6 Å². The first kappa shape index (κ1) is 13.5. The monoisotopic (exact) mass is 341 g/mol. The van der Waals surface area contributed by atoms with Crippen LogP contribution in [0.2, 0.25) is 0 Å². The molecule has 0 saturated carbocycles. The fourth-order valence-electron chi connectivity index (χ4n) is 3.37. The molecule has 20 heavy (non-hydrogen) atoms. The maximum absolute atomic E-state index is 13.3. The van der Waals surface area contributed by atoms with Crippen LogP contribution in [-0.4, -0.2) is 34.0 Å². The molecule has 2 aliphatic rings. The minimum Gasteiger partial charge on any atom is -0.481 e. The first-order chi connectivity index (χ1) is 9.49. The molecule has 2 bridgehead atoms. The standard InChI is InChI=1S/C14H13BrFNO3/c15-11-3-1-7(16)5-9(11)13(18)17-8-2-4-12(17)10(6-8)14(19)20/h1,3,5,8,10,12H,2,4,6H2,(H,19,20). The summed E-state index contributed by atoms with van der Waals surface area (Å²) in [5.74, 6) is -2.11. The highest BCUT2D eigenvalue weighted by atomic mass is 79.9. The normalized spacial score (nSPS) is 27.9. The molecular weight excluding hydrogens is 329 g/mol. The topological polar surface area (TPSA) is 57.6 Å². The number of nitrogens with zero attached hydrogens (tertiary/aromatic N) is 1. The molecule has 1 amide bonds. The molecule has 2 saturated heterocycles. The molecule has 3 atom stereocenters. The molecule has 2 fully saturated rings. The Morgan fingerprint density at radius 3 is 2.75 bits per heavy atom. The fraction of sp³-hybridized carbons (Fsp3) is 0.429. The number of carbonyl (C=O) groups excluding carboxylic acids is 1. The van der Waals surface area contributed by atoms with Gasteiger partial charge in [-0.25, -0.2) is 4.39 Å². The summed E-state index contributed by atoms with van der Waals surface area (Å²) in [5, 5.41) is 9.20. The number of benzene rings is 1. The van der Waals surface area contributed by atoms with Crippen molar-refractivity contribution in [3.63, 3.8) is 0 Å². The highest BCUT2D eigenvalue weighted by molar-refractivity contribution is 9.10. The zero-order valence-corrected chi connectivity index (χ0v) is 12.1. The number of halogens is 2. The number of hydrogen-bond donors (Lipinski definition) is 1. The molecule has 0 aromatic heterocycles. The van der Waals surface area contributed by atoms with Crippen molar-refractivity contribution in [3.8, 4) is 0 Å². The van der Waals surface area contributed by atoms with E-state index in [0.717, 1.165) is 6.42 Å². The van der Waals surface area contributed by atoms with Gasteiger partial charge in [-0.1, -0.05) is 0 Å². The van der Waals surface area contributed by atoms with Crippen LogP contribution in [0.1, 0.15) is 29.6 Å². The largest absolute Gasteiger partial charge is 0.481 e. The third-order valence-corrected chi connectivity index (χ3v) is 4.94. The number of aliphatic carboxylic acids is 1. The van der Waals surface area contributed by atoms with E-state index in [1.54, 1.807) is 4.90 Å². The fourth-order valence-corrected chi connectivity index (χ4v) is 3.79. The quantitative estimate of drug-likeness (QED) is 0.899. The maximum Gasteiger partial charge on any atom is 0.308 e. The molecule has 106 valence electrons. The number of carbonyl (C=O) groups is 2. The lowest BCUT2D eigenvalue weighted by atomic mass is 9.89. The van der Waals surface area contributed by atoms with Crippen LogP contribution in [0.15, 0.2) is 22.7 Å². The van der Waals surface area contributed by atoms with Crippen molar-refractivity contribution in [2.24, 2.45) is 5.92 Å². The van der Waals surface area contributed by atoms with Crippen molar-refractivity contribution in [1.29, 1.82) is 0 Å². The third-order valence-electron chi connectivity index (χ3n) is 4.25. The van der Waals surface area contributed by atoms with Gasteiger partial charge in [-0.3, -0.25) is 9.59 Å². The van der Waals surface area contributed by atoms with Crippen LogP contribution in [0.3, 0.4) is 0 Å². The predicted molar refractivity (Wildman–Crippen MR) is 72.8 cm³/mol. The Balaban J connectivity index is 1.92. The molecule has 0 radical (unpaired) electrons. The summed E-state index contributed by atoms with van der Waals surface area (Å²) < 4.78 is 13.9. The van der Waals surface area contributed by atoms with E-state index in [2.05, 4.69) is 15.9 Å². The molecule has 6 heteroatoms. The average molecular weight is 342 g/mol. The minimum atomic E-state index is -0.853. The maximum atomic E-state index is 13.3. The summed E-state index contributed by atoms with van der Waals surface area (Å²) in [6.45, 7) is 0. The van der Waals surface area contributed by atoms with Crippen molar-refractivity contribution in [2.45, 2.75) is 31.3 Å². The Labute approximate surface area is 123 Å². The summed E-state index contributed by atoms with van der Waals surface area (Å²) in [4.78, 5) is 25.4. The first-order valence-electron chi connectivity index (χ1n) is 6.49. The van der Waals surface area contributed by atoms with Crippen molar-refractivity contribution < 1.29 is 19.1 Å². The molecule has 2 heterocycles. The van der Waals surface area contributed by atoms with Crippen LogP contribution in [0.5, 0.6) is 0 Å². The minimum absolute atomic E-state index is 0.0382. The van der Waals surface area contributed by atoms with Crippen LogP contribution in [-0.2, 0) is 4.79 Å². The number of hydrogen-bond acceptors (Lipinski definition) is 2. The SMILES string of the molecule is O=C(O)C1CC2CCC1N2C(=O)c1cc(F)ccc1Br. The van der Waals surface area contributed by atoms with Gasteiger partial charge in [-0.2, -0.15) is 0 Å².